The van der Waals surface area contributed by atoms with Crippen molar-refractivity contribution in [2.45, 2.75) is 34.1 Å². The fourth-order valence-corrected chi connectivity index (χ4v) is 2.58. The minimum Gasteiger partial charge on any atom is -0.330 e. The van der Waals surface area contributed by atoms with Crippen LogP contribution in [0.4, 0.5) is 0 Å². The van der Waals surface area contributed by atoms with Gasteiger partial charge in [0.1, 0.15) is 0 Å². The highest BCUT2D eigenvalue weighted by Crippen LogP contribution is 2.23. The van der Waals surface area contributed by atoms with Crippen molar-refractivity contribution in [1.29, 1.82) is 0 Å². The Labute approximate surface area is 109 Å². The molecular weight excluding hydrogens is 222 g/mol. The molecule has 0 bridgehead atoms. The van der Waals surface area contributed by atoms with E-state index in [1.165, 1.54) is 33.6 Å². The molecule has 0 saturated carbocycles. The third-order valence-corrected chi connectivity index (χ3v) is 3.37. The smallest absolute Gasteiger partial charge is 0.0707 e. The molecule has 0 amide bonds. The topological polar surface area (TPSA) is 43.8 Å². The van der Waals surface area contributed by atoms with Crippen molar-refractivity contribution >= 4 is 0 Å². The van der Waals surface area contributed by atoms with Gasteiger partial charge in [-0.25, -0.2) is 4.68 Å². The highest BCUT2D eigenvalue weighted by atomic mass is 15.3. The van der Waals surface area contributed by atoms with Crippen molar-refractivity contribution in [2.24, 2.45) is 5.73 Å². The van der Waals surface area contributed by atoms with Crippen LogP contribution in [0.3, 0.4) is 0 Å². The second-order valence-electron chi connectivity index (χ2n) is 4.95. The fraction of sp³-hybridized carbons (Fsp3) is 0.400. The van der Waals surface area contributed by atoms with E-state index in [1.54, 1.807) is 0 Å². The molecule has 0 aliphatic rings. The first kappa shape index (κ1) is 12.8. The number of hydrogen-bond acceptors (Lipinski definition) is 2. The number of nitrogens with zero attached hydrogens (tertiary/aromatic N) is 2. The number of aromatic nitrogens is 2. The Morgan fingerprint density at radius 3 is 2.28 bits per heavy atom. The first-order valence-electron chi connectivity index (χ1n) is 6.36. The Morgan fingerprint density at radius 2 is 1.72 bits per heavy atom. The minimum atomic E-state index is 0.665. The summed E-state index contributed by atoms with van der Waals surface area (Å²) in [6.07, 6.45) is 2.82. The van der Waals surface area contributed by atoms with Gasteiger partial charge in [-0.15, -0.1) is 0 Å². The summed E-state index contributed by atoms with van der Waals surface area (Å²) in [4.78, 5) is 0. The average Bonchev–Trinajstić information content (AvgIpc) is 2.61. The van der Waals surface area contributed by atoms with Crippen LogP contribution in [0, 0.1) is 27.7 Å². The largest absolute Gasteiger partial charge is 0.330 e. The zero-order chi connectivity index (χ0) is 13.3. The molecule has 0 atom stereocenters. The van der Waals surface area contributed by atoms with Gasteiger partial charge in [-0.1, -0.05) is 17.7 Å². The fourth-order valence-electron chi connectivity index (χ4n) is 2.58. The van der Waals surface area contributed by atoms with Crippen LogP contribution in [0.15, 0.2) is 18.3 Å². The Balaban J connectivity index is 2.56. The van der Waals surface area contributed by atoms with E-state index in [2.05, 4.69) is 44.9 Å². The quantitative estimate of drug-likeness (QED) is 0.900. The van der Waals surface area contributed by atoms with Crippen molar-refractivity contribution in [2.75, 3.05) is 6.54 Å². The normalized spacial score (nSPS) is 10.9. The molecule has 0 aliphatic carbocycles. The van der Waals surface area contributed by atoms with Gasteiger partial charge in [-0.05, 0) is 57.4 Å². The summed E-state index contributed by atoms with van der Waals surface area (Å²) in [6, 6.07) is 4.40. The molecule has 0 radical (unpaired) electrons. The maximum absolute atomic E-state index is 5.62. The minimum absolute atomic E-state index is 0.665. The number of hydrogen-bond donors (Lipinski definition) is 1. The van der Waals surface area contributed by atoms with E-state index >= 15 is 0 Å². The van der Waals surface area contributed by atoms with Gasteiger partial charge in [0.25, 0.3) is 0 Å². The zero-order valence-corrected chi connectivity index (χ0v) is 11.6. The molecule has 3 nitrogen and oxygen atoms in total. The van der Waals surface area contributed by atoms with Gasteiger partial charge in [0.05, 0.1) is 11.9 Å². The third-order valence-electron chi connectivity index (χ3n) is 3.37. The Hall–Kier alpha value is -1.61. The molecule has 1 heterocycles. The van der Waals surface area contributed by atoms with Crippen LogP contribution in [0.1, 0.15) is 27.9 Å². The van der Waals surface area contributed by atoms with E-state index in [-0.39, 0.29) is 0 Å². The van der Waals surface area contributed by atoms with Crippen molar-refractivity contribution in [3.63, 3.8) is 0 Å². The lowest BCUT2D eigenvalue weighted by Crippen LogP contribution is -2.07. The second kappa shape index (κ2) is 4.94. The number of nitrogens with two attached hydrogens (primary N) is 1. The van der Waals surface area contributed by atoms with E-state index in [4.69, 9.17) is 5.73 Å². The molecular formula is C15H21N3. The molecule has 1 aromatic carbocycles. The number of rotatable bonds is 3. The molecule has 3 heteroatoms. The molecule has 0 spiro atoms. The lowest BCUT2D eigenvalue weighted by molar-refractivity contribution is 0.828. The molecule has 0 fully saturated rings. The zero-order valence-electron chi connectivity index (χ0n) is 11.6. The summed E-state index contributed by atoms with van der Waals surface area (Å²) in [7, 11) is 0. The molecule has 96 valence electrons. The molecule has 0 unspecified atom stereocenters. The van der Waals surface area contributed by atoms with Crippen molar-refractivity contribution in [3.05, 3.63) is 46.3 Å². The van der Waals surface area contributed by atoms with Crippen LogP contribution in [-0.4, -0.2) is 16.3 Å². The highest BCUT2D eigenvalue weighted by Gasteiger charge is 2.12. The molecule has 2 N–H and O–H groups in total. The third kappa shape index (κ3) is 2.18. The molecule has 0 saturated heterocycles. The standard InChI is InChI=1S/C15H21N3/c1-10-7-11(2)15(12(3)8-10)18-13(4)14(5-6-16)9-17-18/h7-9H,5-6,16H2,1-4H3. The summed E-state index contributed by atoms with van der Waals surface area (Å²) in [6.45, 7) is 9.17. The van der Waals surface area contributed by atoms with E-state index in [9.17, 15) is 0 Å². The van der Waals surface area contributed by atoms with Gasteiger partial charge in [-0.3, -0.25) is 0 Å². The molecule has 0 aliphatic heterocycles. The van der Waals surface area contributed by atoms with Crippen LogP contribution in [-0.2, 0) is 6.42 Å². The summed E-state index contributed by atoms with van der Waals surface area (Å²) in [5.74, 6) is 0. The Bertz CT molecular complexity index is 544. The summed E-state index contributed by atoms with van der Waals surface area (Å²) < 4.78 is 2.04. The van der Waals surface area contributed by atoms with Crippen molar-refractivity contribution < 1.29 is 0 Å². The monoisotopic (exact) mass is 243 g/mol. The van der Waals surface area contributed by atoms with Gasteiger partial charge in [0, 0.05) is 5.69 Å². The Kier molecular flexibility index (Phi) is 3.53. The predicted octanol–water partition coefficient (Wildman–Crippen LogP) is 2.61. The molecule has 1 aromatic heterocycles. The predicted molar refractivity (Wildman–Crippen MR) is 75.3 cm³/mol. The highest BCUT2D eigenvalue weighted by molar-refractivity contribution is 5.50. The van der Waals surface area contributed by atoms with Crippen molar-refractivity contribution in [3.8, 4) is 5.69 Å². The summed E-state index contributed by atoms with van der Waals surface area (Å²) >= 11 is 0. The Morgan fingerprint density at radius 1 is 1.11 bits per heavy atom. The van der Waals surface area contributed by atoms with Crippen molar-refractivity contribution in [1.82, 2.24) is 9.78 Å². The van der Waals surface area contributed by atoms with E-state index < -0.39 is 0 Å². The molecule has 2 aromatic rings. The number of benzene rings is 1. The average molecular weight is 243 g/mol. The number of aryl methyl sites for hydroxylation is 3. The lowest BCUT2D eigenvalue weighted by Gasteiger charge is -2.13. The molecule has 2 rings (SSSR count). The lowest BCUT2D eigenvalue weighted by atomic mass is 10.0. The van der Waals surface area contributed by atoms with Crippen LogP contribution >= 0.6 is 0 Å². The van der Waals surface area contributed by atoms with Gasteiger partial charge >= 0.3 is 0 Å². The summed E-state index contributed by atoms with van der Waals surface area (Å²) in [5, 5.41) is 4.52. The first-order chi connectivity index (χ1) is 8.54. The SMILES string of the molecule is Cc1cc(C)c(-n2ncc(CCN)c2C)c(C)c1. The van der Waals surface area contributed by atoms with Gasteiger partial charge in [0.15, 0.2) is 0 Å². The van der Waals surface area contributed by atoms with Gasteiger partial charge in [-0.2, -0.15) is 5.10 Å². The maximum atomic E-state index is 5.62. The van der Waals surface area contributed by atoms with E-state index in [0.29, 0.717) is 6.54 Å². The van der Waals surface area contributed by atoms with Crippen LogP contribution in [0.25, 0.3) is 5.69 Å². The van der Waals surface area contributed by atoms with Crippen LogP contribution < -0.4 is 5.73 Å². The van der Waals surface area contributed by atoms with Crippen LogP contribution in [0.5, 0.6) is 0 Å². The van der Waals surface area contributed by atoms with E-state index in [0.717, 1.165) is 6.42 Å². The second-order valence-corrected chi connectivity index (χ2v) is 4.95. The van der Waals surface area contributed by atoms with Gasteiger partial charge in [0.2, 0.25) is 0 Å². The van der Waals surface area contributed by atoms with Gasteiger partial charge < -0.3 is 5.73 Å². The molecule has 18 heavy (non-hydrogen) atoms. The first-order valence-corrected chi connectivity index (χ1v) is 6.36. The van der Waals surface area contributed by atoms with Crippen LogP contribution in [0.2, 0.25) is 0 Å². The van der Waals surface area contributed by atoms with E-state index in [1.807, 2.05) is 10.9 Å². The maximum Gasteiger partial charge on any atom is 0.0707 e. The summed E-state index contributed by atoms with van der Waals surface area (Å²) in [5.41, 5.74) is 13.1.